The highest BCUT2D eigenvalue weighted by Crippen LogP contribution is 2.36. The maximum absolute atomic E-state index is 3.82. The van der Waals surface area contributed by atoms with Crippen molar-refractivity contribution in [2.45, 2.75) is 44.6 Å². The van der Waals surface area contributed by atoms with Gasteiger partial charge in [0.2, 0.25) is 0 Å². The summed E-state index contributed by atoms with van der Waals surface area (Å²) in [6.07, 6.45) is 8.30. The van der Waals surface area contributed by atoms with Gasteiger partial charge in [0.15, 0.2) is 0 Å². The van der Waals surface area contributed by atoms with Crippen LogP contribution in [0.25, 0.3) is 0 Å². The molecule has 1 N–H and O–H groups in total. The summed E-state index contributed by atoms with van der Waals surface area (Å²) >= 11 is 7.46. The first-order chi connectivity index (χ1) is 10.3. The Kier molecular flexibility index (Phi) is 5.63. The van der Waals surface area contributed by atoms with Gasteiger partial charge in [-0.05, 0) is 75.7 Å². The fourth-order valence-electron chi connectivity index (χ4n) is 3.80. The van der Waals surface area contributed by atoms with Crippen LogP contribution in [-0.4, -0.2) is 25.7 Å². The second kappa shape index (κ2) is 7.47. The van der Waals surface area contributed by atoms with Crippen molar-refractivity contribution in [3.05, 3.63) is 27.1 Å². The summed E-state index contributed by atoms with van der Waals surface area (Å²) in [5, 5.41) is 3.82. The molecule has 1 unspecified atom stereocenters. The molecule has 1 aromatic rings. The smallest absolute Gasteiger partial charge is 0.0655 e. The van der Waals surface area contributed by atoms with Gasteiger partial charge >= 0.3 is 0 Å². The van der Waals surface area contributed by atoms with E-state index in [1.807, 2.05) is 0 Å². The molecular weight excluding hydrogens is 392 g/mol. The Morgan fingerprint density at radius 2 is 1.71 bits per heavy atom. The molecule has 3 rings (SSSR count). The molecule has 4 heteroatoms. The van der Waals surface area contributed by atoms with Crippen LogP contribution in [0.4, 0.5) is 5.69 Å². The monoisotopic (exact) mass is 414 g/mol. The Hall–Kier alpha value is -0.0600. The summed E-state index contributed by atoms with van der Waals surface area (Å²) in [6, 6.07) is 7.03. The Morgan fingerprint density at radius 1 is 1.00 bits per heavy atom. The van der Waals surface area contributed by atoms with E-state index in [9.17, 15) is 0 Å². The van der Waals surface area contributed by atoms with Crippen molar-refractivity contribution < 1.29 is 0 Å². The second-order valence-electron chi connectivity index (χ2n) is 6.33. The molecule has 2 fully saturated rings. The molecule has 0 bridgehead atoms. The van der Waals surface area contributed by atoms with Crippen LogP contribution in [0.5, 0.6) is 0 Å². The lowest BCUT2D eigenvalue weighted by atomic mass is 9.83. The van der Waals surface area contributed by atoms with Gasteiger partial charge in [-0.15, -0.1) is 0 Å². The second-order valence-corrected chi connectivity index (χ2v) is 8.04. The van der Waals surface area contributed by atoms with Crippen molar-refractivity contribution in [3.8, 4) is 0 Å². The summed E-state index contributed by atoms with van der Waals surface area (Å²) in [7, 11) is 0. The molecule has 0 aromatic heterocycles. The van der Waals surface area contributed by atoms with Crippen LogP contribution in [0.3, 0.4) is 0 Å². The molecular formula is C17H24Br2N2. The fraction of sp³-hybridized carbons (Fsp3) is 0.647. The summed E-state index contributed by atoms with van der Waals surface area (Å²) in [5.41, 5.74) is 1.32. The van der Waals surface area contributed by atoms with Crippen molar-refractivity contribution in [3.63, 3.8) is 0 Å². The summed E-state index contributed by atoms with van der Waals surface area (Å²) in [4.78, 5) is 2.56. The number of nitrogens with zero attached hydrogens (tertiary/aromatic N) is 1. The third kappa shape index (κ3) is 3.83. The van der Waals surface area contributed by atoms with Crippen LogP contribution in [0.2, 0.25) is 0 Å². The zero-order chi connectivity index (χ0) is 14.7. The predicted octanol–water partition coefficient (Wildman–Crippen LogP) is 4.96. The van der Waals surface area contributed by atoms with Crippen molar-refractivity contribution in [2.24, 2.45) is 5.92 Å². The minimum absolute atomic E-state index is 0.645. The van der Waals surface area contributed by atoms with Crippen molar-refractivity contribution in [1.29, 1.82) is 0 Å². The topological polar surface area (TPSA) is 15.3 Å². The minimum atomic E-state index is 0.645. The lowest BCUT2D eigenvalue weighted by molar-refractivity contribution is 0.277. The number of halogens is 2. The molecule has 0 spiro atoms. The highest BCUT2D eigenvalue weighted by molar-refractivity contribution is 9.11. The van der Waals surface area contributed by atoms with E-state index in [1.54, 1.807) is 0 Å². The van der Waals surface area contributed by atoms with E-state index in [0.29, 0.717) is 6.04 Å². The Morgan fingerprint density at radius 3 is 2.43 bits per heavy atom. The maximum Gasteiger partial charge on any atom is 0.0655 e. The van der Waals surface area contributed by atoms with E-state index in [2.05, 4.69) is 60.3 Å². The van der Waals surface area contributed by atoms with Crippen LogP contribution in [0.15, 0.2) is 27.1 Å². The van der Waals surface area contributed by atoms with Crippen LogP contribution in [0.1, 0.15) is 38.5 Å². The molecule has 2 aliphatic rings. The first kappa shape index (κ1) is 15.8. The predicted molar refractivity (Wildman–Crippen MR) is 97.0 cm³/mol. The van der Waals surface area contributed by atoms with Gasteiger partial charge in [-0.2, -0.15) is 0 Å². The van der Waals surface area contributed by atoms with E-state index in [-0.39, 0.29) is 0 Å². The molecule has 0 radical (unpaired) electrons. The average Bonchev–Trinajstić information content (AvgIpc) is 2.74. The molecule has 116 valence electrons. The van der Waals surface area contributed by atoms with Gasteiger partial charge in [0.05, 0.1) is 5.69 Å². The van der Waals surface area contributed by atoms with Crippen LogP contribution >= 0.6 is 31.9 Å². The molecule has 1 aliphatic heterocycles. The number of hydrogen-bond donors (Lipinski definition) is 1. The van der Waals surface area contributed by atoms with Crippen molar-refractivity contribution in [1.82, 2.24) is 5.32 Å². The highest BCUT2D eigenvalue weighted by Gasteiger charge is 2.28. The normalized spacial score (nSPS) is 24.9. The first-order valence-electron chi connectivity index (χ1n) is 8.18. The molecule has 1 heterocycles. The Bertz CT molecular complexity index is 452. The van der Waals surface area contributed by atoms with E-state index in [0.717, 1.165) is 25.6 Å². The van der Waals surface area contributed by atoms with Crippen LogP contribution < -0.4 is 10.2 Å². The third-order valence-electron chi connectivity index (χ3n) is 4.90. The first-order valence-corrected chi connectivity index (χ1v) is 9.76. The number of benzene rings is 1. The lowest BCUT2D eigenvalue weighted by Gasteiger charge is -2.34. The molecule has 0 amide bonds. The summed E-state index contributed by atoms with van der Waals surface area (Å²) < 4.78 is 2.39. The van der Waals surface area contributed by atoms with Crippen LogP contribution in [-0.2, 0) is 0 Å². The van der Waals surface area contributed by atoms with Gasteiger partial charge < -0.3 is 10.2 Å². The molecule has 1 aromatic carbocycles. The summed E-state index contributed by atoms with van der Waals surface area (Å²) in [5.74, 6) is 0.862. The molecule has 1 saturated heterocycles. The number of nitrogens with one attached hydrogen (secondary N) is 1. The number of hydrogen-bond acceptors (Lipinski definition) is 2. The van der Waals surface area contributed by atoms with Gasteiger partial charge in [-0.3, -0.25) is 0 Å². The van der Waals surface area contributed by atoms with E-state index in [4.69, 9.17) is 0 Å². The molecule has 1 aliphatic carbocycles. The molecule has 21 heavy (non-hydrogen) atoms. The highest BCUT2D eigenvalue weighted by atomic mass is 79.9. The van der Waals surface area contributed by atoms with Gasteiger partial charge in [-0.1, -0.05) is 25.3 Å². The number of para-hydroxylation sites is 1. The molecule has 1 saturated carbocycles. The van der Waals surface area contributed by atoms with Crippen molar-refractivity contribution in [2.75, 3.05) is 24.5 Å². The van der Waals surface area contributed by atoms with Gasteiger partial charge in [0.1, 0.15) is 0 Å². The quantitative estimate of drug-likeness (QED) is 0.734. The van der Waals surface area contributed by atoms with Crippen molar-refractivity contribution >= 4 is 37.5 Å². The minimum Gasteiger partial charge on any atom is -0.368 e. The number of rotatable bonds is 2. The van der Waals surface area contributed by atoms with E-state index in [1.165, 1.54) is 53.2 Å². The number of anilines is 1. The van der Waals surface area contributed by atoms with E-state index < -0.39 is 0 Å². The zero-order valence-corrected chi connectivity index (χ0v) is 15.6. The SMILES string of the molecule is Brc1cccc(Br)c1N1CCCNC(C2CCCCC2)C1. The summed E-state index contributed by atoms with van der Waals surface area (Å²) in [6.45, 7) is 3.42. The average molecular weight is 416 g/mol. The lowest BCUT2D eigenvalue weighted by Crippen LogP contribution is -2.44. The van der Waals surface area contributed by atoms with E-state index >= 15 is 0 Å². The maximum atomic E-state index is 3.82. The molecule has 2 nitrogen and oxygen atoms in total. The Balaban J connectivity index is 1.78. The van der Waals surface area contributed by atoms with Gasteiger partial charge in [-0.25, -0.2) is 0 Å². The Labute approximate surface area is 144 Å². The zero-order valence-electron chi connectivity index (χ0n) is 12.5. The molecule has 1 atom stereocenters. The van der Waals surface area contributed by atoms with Gasteiger partial charge in [0, 0.05) is 28.1 Å². The third-order valence-corrected chi connectivity index (χ3v) is 6.18. The standard InChI is InChI=1S/C17H24Br2N2/c18-14-8-4-9-15(19)17(14)21-11-5-10-20-16(12-21)13-6-2-1-3-7-13/h4,8-9,13,16,20H,1-3,5-7,10-12H2. The fourth-order valence-corrected chi connectivity index (χ4v) is 5.30. The largest absolute Gasteiger partial charge is 0.368 e. The van der Waals surface area contributed by atoms with Gasteiger partial charge in [0.25, 0.3) is 0 Å². The van der Waals surface area contributed by atoms with Crippen LogP contribution in [0, 0.1) is 5.92 Å².